The molecule has 1 unspecified atom stereocenters. The molecule has 0 spiro atoms. The fraction of sp³-hybridized carbons (Fsp3) is 0.571. The first-order valence-corrected chi connectivity index (χ1v) is 6.67. The van der Waals surface area contributed by atoms with Crippen molar-refractivity contribution in [1.82, 2.24) is 5.32 Å². The summed E-state index contributed by atoms with van der Waals surface area (Å²) in [5.41, 5.74) is -0.0375. The van der Waals surface area contributed by atoms with Crippen molar-refractivity contribution < 1.29 is 23.8 Å². The van der Waals surface area contributed by atoms with Gasteiger partial charge in [0.25, 0.3) is 5.91 Å². The number of rotatable bonds is 8. The molecule has 2 N–H and O–H groups in total. The molecule has 0 saturated carbocycles. The number of nitrogens with one attached hydrogen (secondary N) is 1. The molecule has 1 aromatic rings. The molecule has 0 bridgehead atoms. The highest BCUT2D eigenvalue weighted by Gasteiger charge is 2.16. The van der Waals surface area contributed by atoms with Gasteiger partial charge in [0.2, 0.25) is 0 Å². The Bertz CT molecular complexity index is 452. The van der Waals surface area contributed by atoms with Gasteiger partial charge in [-0.25, -0.2) is 4.79 Å². The van der Waals surface area contributed by atoms with E-state index >= 15 is 0 Å². The van der Waals surface area contributed by atoms with Gasteiger partial charge in [0, 0.05) is 19.2 Å². The average molecular weight is 283 g/mol. The van der Waals surface area contributed by atoms with Crippen LogP contribution >= 0.6 is 0 Å². The Labute approximate surface area is 118 Å². The third kappa shape index (κ3) is 4.70. The summed E-state index contributed by atoms with van der Waals surface area (Å²) in [6, 6.07) is 1.21. The molecule has 0 radical (unpaired) electrons. The van der Waals surface area contributed by atoms with Gasteiger partial charge in [-0.2, -0.15) is 0 Å². The van der Waals surface area contributed by atoms with Gasteiger partial charge in [0.05, 0.1) is 11.7 Å². The molecule has 0 fully saturated rings. The van der Waals surface area contributed by atoms with Crippen LogP contribution in [0.25, 0.3) is 0 Å². The molecule has 0 aliphatic heterocycles. The van der Waals surface area contributed by atoms with Gasteiger partial charge in [-0.3, -0.25) is 4.79 Å². The molecular weight excluding hydrogens is 262 g/mol. The maximum Gasteiger partial charge on any atom is 0.338 e. The van der Waals surface area contributed by atoms with Crippen LogP contribution in [0.15, 0.2) is 16.7 Å². The monoisotopic (exact) mass is 283 g/mol. The predicted octanol–water partition coefficient (Wildman–Crippen LogP) is 2.16. The van der Waals surface area contributed by atoms with Gasteiger partial charge in [-0.05, 0) is 19.3 Å². The first-order chi connectivity index (χ1) is 9.45. The second-order valence-electron chi connectivity index (χ2n) is 4.79. The van der Waals surface area contributed by atoms with Crippen molar-refractivity contribution in [1.29, 1.82) is 0 Å². The van der Waals surface area contributed by atoms with Gasteiger partial charge in [0.15, 0.2) is 5.76 Å². The third-order valence-electron chi connectivity index (χ3n) is 2.91. The minimum absolute atomic E-state index is 0.0000863. The van der Waals surface area contributed by atoms with Crippen LogP contribution in [-0.2, 0) is 4.74 Å². The van der Waals surface area contributed by atoms with E-state index in [-0.39, 0.29) is 17.4 Å². The number of hydrogen-bond acceptors (Lipinski definition) is 4. The molecule has 0 aliphatic carbocycles. The van der Waals surface area contributed by atoms with Gasteiger partial charge >= 0.3 is 5.97 Å². The molecule has 20 heavy (non-hydrogen) atoms. The standard InChI is InChI=1S/C14H21NO5/c1-4-19-11(9(2)3)5-6-15-13(16)12-7-10(8-20-12)14(17)18/h7-9,11H,4-6H2,1-3H3,(H,15,16)(H,17,18). The number of carboxylic acids is 1. The molecule has 1 rings (SSSR count). The Balaban J connectivity index is 2.44. The summed E-state index contributed by atoms with van der Waals surface area (Å²) in [6.45, 7) is 7.15. The van der Waals surface area contributed by atoms with Gasteiger partial charge < -0.3 is 19.6 Å². The highest BCUT2D eigenvalue weighted by Crippen LogP contribution is 2.11. The number of hydrogen-bond donors (Lipinski definition) is 2. The number of ether oxygens (including phenoxy) is 1. The fourth-order valence-electron chi connectivity index (χ4n) is 1.81. The van der Waals surface area contributed by atoms with Crippen LogP contribution < -0.4 is 5.32 Å². The summed E-state index contributed by atoms with van der Waals surface area (Å²) in [6.07, 6.45) is 1.84. The minimum atomic E-state index is -1.12. The maximum absolute atomic E-state index is 11.8. The highest BCUT2D eigenvalue weighted by molar-refractivity contribution is 5.95. The lowest BCUT2D eigenvalue weighted by Gasteiger charge is -2.20. The number of furan rings is 1. The van der Waals surface area contributed by atoms with E-state index in [0.717, 1.165) is 6.26 Å². The second kappa shape index (κ2) is 7.69. The molecule has 112 valence electrons. The largest absolute Gasteiger partial charge is 0.478 e. The third-order valence-corrected chi connectivity index (χ3v) is 2.91. The van der Waals surface area contributed by atoms with Crippen molar-refractivity contribution in [2.24, 2.45) is 5.92 Å². The first kappa shape index (κ1) is 16.2. The van der Waals surface area contributed by atoms with Crippen LogP contribution in [0.1, 0.15) is 48.1 Å². The van der Waals surface area contributed by atoms with Crippen LogP contribution in [-0.4, -0.2) is 36.2 Å². The molecule has 6 heteroatoms. The summed E-state index contributed by atoms with van der Waals surface area (Å²) >= 11 is 0. The van der Waals surface area contributed by atoms with Gasteiger partial charge in [0.1, 0.15) is 6.26 Å². The summed E-state index contributed by atoms with van der Waals surface area (Å²) in [7, 11) is 0. The minimum Gasteiger partial charge on any atom is -0.478 e. The van der Waals surface area contributed by atoms with Crippen LogP contribution in [0, 0.1) is 5.92 Å². The van der Waals surface area contributed by atoms with Crippen molar-refractivity contribution in [3.63, 3.8) is 0 Å². The molecule has 0 saturated heterocycles. The zero-order chi connectivity index (χ0) is 15.1. The average Bonchev–Trinajstić information content (AvgIpc) is 2.87. The van der Waals surface area contributed by atoms with Crippen molar-refractivity contribution >= 4 is 11.9 Å². The Morgan fingerprint density at radius 2 is 2.15 bits per heavy atom. The quantitative estimate of drug-likeness (QED) is 0.763. The van der Waals surface area contributed by atoms with E-state index < -0.39 is 11.9 Å². The Morgan fingerprint density at radius 3 is 2.65 bits per heavy atom. The highest BCUT2D eigenvalue weighted by atomic mass is 16.5. The van der Waals surface area contributed by atoms with Crippen LogP contribution in [0.3, 0.4) is 0 Å². The maximum atomic E-state index is 11.8. The Hall–Kier alpha value is -1.82. The molecule has 6 nitrogen and oxygen atoms in total. The van der Waals surface area contributed by atoms with Gasteiger partial charge in [-0.15, -0.1) is 0 Å². The lowest BCUT2D eigenvalue weighted by Crippen LogP contribution is -2.30. The van der Waals surface area contributed by atoms with E-state index in [2.05, 4.69) is 19.2 Å². The first-order valence-electron chi connectivity index (χ1n) is 6.67. The Kier molecular flexibility index (Phi) is 6.24. The summed E-state index contributed by atoms with van der Waals surface area (Å²) in [4.78, 5) is 22.4. The number of carboxylic acid groups (broad SMARTS) is 1. The fourth-order valence-corrected chi connectivity index (χ4v) is 1.81. The second-order valence-corrected chi connectivity index (χ2v) is 4.79. The van der Waals surface area contributed by atoms with Crippen molar-refractivity contribution in [3.05, 3.63) is 23.7 Å². The zero-order valence-electron chi connectivity index (χ0n) is 12.0. The predicted molar refractivity (Wildman–Crippen MR) is 72.9 cm³/mol. The normalized spacial score (nSPS) is 12.4. The van der Waals surface area contributed by atoms with Crippen LogP contribution in [0.4, 0.5) is 0 Å². The van der Waals surface area contributed by atoms with Crippen molar-refractivity contribution in [2.75, 3.05) is 13.2 Å². The summed E-state index contributed by atoms with van der Waals surface area (Å²) < 4.78 is 10.5. The van der Waals surface area contributed by atoms with Crippen molar-refractivity contribution in [3.8, 4) is 0 Å². The zero-order valence-corrected chi connectivity index (χ0v) is 12.0. The van der Waals surface area contributed by atoms with E-state index in [1.807, 2.05) is 6.92 Å². The number of amides is 1. The molecule has 1 atom stereocenters. The topological polar surface area (TPSA) is 88.8 Å². The number of carbonyl (C=O) groups excluding carboxylic acids is 1. The van der Waals surface area contributed by atoms with E-state index in [1.54, 1.807) is 0 Å². The molecule has 1 aromatic heterocycles. The Morgan fingerprint density at radius 1 is 1.45 bits per heavy atom. The van der Waals surface area contributed by atoms with Crippen molar-refractivity contribution in [2.45, 2.75) is 33.3 Å². The van der Waals surface area contributed by atoms with Crippen LogP contribution in [0.2, 0.25) is 0 Å². The van der Waals surface area contributed by atoms with Gasteiger partial charge in [-0.1, -0.05) is 13.8 Å². The lowest BCUT2D eigenvalue weighted by atomic mass is 10.0. The van der Waals surface area contributed by atoms with Crippen LogP contribution in [0.5, 0.6) is 0 Å². The molecule has 1 heterocycles. The number of aromatic carboxylic acids is 1. The molecule has 1 amide bonds. The van der Waals surface area contributed by atoms with E-state index in [9.17, 15) is 9.59 Å². The summed E-state index contributed by atoms with van der Waals surface area (Å²) in [5, 5.41) is 11.4. The van der Waals surface area contributed by atoms with E-state index in [4.69, 9.17) is 14.3 Å². The van der Waals surface area contributed by atoms with E-state index in [1.165, 1.54) is 6.07 Å². The smallest absolute Gasteiger partial charge is 0.338 e. The molecule has 0 aliphatic rings. The lowest BCUT2D eigenvalue weighted by molar-refractivity contribution is 0.0250. The number of carbonyl (C=O) groups is 2. The SMILES string of the molecule is CCOC(CCNC(=O)c1cc(C(=O)O)co1)C(C)C. The summed E-state index contributed by atoms with van der Waals surface area (Å²) in [5.74, 6) is -1.17. The molecular formula is C14H21NO5. The molecule has 0 aromatic carbocycles. The van der Waals surface area contributed by atoms with E-state index in [0.29, 0.717) is 25.5 Å².